The van der Waals surface area contributed by atoms with Gasteiger partial charge in [-0.2, -0.15) is 0 Å². The van der Waals surface area contributed by atoms with Crippen molar-refractivity contribution in [1.82, 2.24) is 4.98 Å². The summed E-state index contributed by atoms with van der Waals surface area (Å²) in [6.45, 7) is 4.71. The topological polar surface area (TPSA) is 15.8 Å². The van der Waals surface area contributed by atoms with E-state index in [1.54, 1.807) is 0 Å². The molecule has 0 amide bonds. The molecule has 0 saturated heterocycles. The van der Waals surface area contributed by atoms with E-state index in [9.17, 15) is 0 Å². The Balaban J connectivity index is 1.62. The summed E-state index contributed by atoms with van der Waals surface area (Å²) >= 11 is 0. The Kier molecular flexibility index (Phi) is 3.01. The fraction of sp³-hybridized carbons (Fsp3) is 0.111. The molecule has 0 radical (unpaired) electrons. The Hall–Kier alpha value is -3.32. The van der Waals surface area contributed by atoms with Crippen LogP contribution < -0.4 is 0 Å². The van der Waals surface area contributed by atoms with Gasteiger partial charge < -0.3 is 4.98 Å². The lowest BCUT2D eigenvalue weighted by atomic mass is 9.81. The lowest BCUT2D eigenvalue weighted by molar-refractivity contribution is 0.661. The van der Waals surface area contributed by atoms with Gasteiger partial charge in [-0.05, 0) is 57.6 Å². The maximum absolute atomic E-state index is 3.60. The average molecular weight is 359 g/mol. The Bertz CT molecular complexity index is 1370. The number of aromatic amines is 1. The highest BCUT2D eigenvalue weighted by atomic mass is 14.7. The van der Waals surface area contributed by atoms with E-state index in [4.69, 9.17) is 0 Å². The van der Waals surface area contributed by atoms with E-state index in [2.05, 4.69) is 104 Å². The van der Waals surface area contributed by atoms with Crippen molar-refractivity contribution in [3.05, 3.63) is 96.1 Å². The minimum Gasteiger partial charge on any atom is -0.354 e. The summed E-state index contributed by atoms with van der Waals surface area (Å²) in [7, 11) is 0. The number of hydrogen-bond donors (Lipinski definition) is 1. The molecule has 6 rings (SSSR count). The fourth-order valence-electron chi connectivity index (χ4n) is 4.89. The molecule has 1 aliphatic carbocycles. The zero-order valence-corrected chi connectivity index (χ0v) is 16.1. The Morgan fingerprint density at radius 1 is 0.571 bits per heavy atom. The van der Waals surface area contributed by atoms with Crippen LogP contribution in [-0.4, -0.2) is 4.98 Å². The van der Waals surface area contributed by atoms with Gasteiger partial charge in [0.2, 0.25) is 0 Å². The number of hydrogen-bond acceptors (Lipinski definition) is 0. The monoisotopic (exact) mass is 359 g/mol. The van der Waals surface area contributed by atoms with Crippen LogP contribution in [0.3, 0.4) is 0 Å². The highest BCUT2D eigenvalue weighted by Gasteiger charge is 2.36. The molecule has 0 atom stereocenters. The van der Waals surface area contributed by atoms with Crippen molar-refractivity contribution in [2.24, 2.45) is 0 Å². The first-order chi connectivity index (χ1) is 13.6. The molecule has 1 heteroatoms. The third kappa shape index (κ3) is 2.02. The molecule has 0 fully saturated rings. The largest absolute Gasteiger partial charge is 0.354 e. The summed E-state index contributed by atoms with van der Waals surface area (Å²) in [4.78, 5) is 3.60. The van der Waals surface area contributed by atoms with Gasteiger partial charge in [-0.1, -0.05) is 74.5 Å². The van der Waals surface area contributed by atoms with Gasteiger partial charge in [0.25, 0.3) is 0 Å². The van der Waals surface area contributed by atoms with E-state index in [0.717, 1.165) is 0 Å². The van der Waals surface area contributed by atoms with E-state index >= 15 is 0 Å². The number of para-hydroxylation sites is 1. The van der Waals surface area contributed by atoms with E-state index in [-0.39, 0.29) is 5.41 Å². The minimum absolute atomic E-state index is 0.0119. The van der Waals surface area contributed by atoms with Crippen molar-refractivity contribution in [3.63, 3.8) is 0 Å². The molecular weight excluding hydrogens is 338 g/mol. The molecular formula is C27H21N. The van der Waals surface area contributed by atoms with Gasteiger partial charge in [-0.25, -0.2) is 0 Å². The molecule has 0 bridgehead atoms. The zero-order valence-electron chi connectivity index (χ0n) is 16.1. The summed E-state index contributed by atoms with van der Waals surface area (Å²) in [5.41, 5.74) is 10.5. The first-order valence-corrected chi connectivity index (χ1v) is 9.88. The van der Waals surface area contributed by atoms with Crippen LogP contribution in [-0.2, 0) is 5.41 Å². The molecule has 0 aliphatic heterocycles. The van der Waals surface area contributed by atoms with Gasteiger partial charge in [-0.3, -0.25) is 0 Å². The van der Waals surface area contributed by atoms with Crippen molar-refractivity contribution in [2.75, 3.05) is 0 Å². The van der Waals surface area contributed by atoms with Gasteiger partial charge >= 0.3 is 0 Å². The molecule has 5 aromatic rings. The molecule has 1 aliphatic rings. The maximum atomic E-state index is 3.60. The highest BCUT2D eigenvalue weighted by Crippen LogP contribution is 2.51. The number of H-pyrrole nitrogens is 1. The molecule has 0 unspecified atom stereocenters. The van der Waals surface area contributed by atoms with Crippen molar-refractivity contribution in [3.8, 4) is 22.3 Å². The number of fused-ring (bicyclic) bond motifs is 6. The van der Waals surface area contributed by atoms with E-state index < -0.39 is 0 Å². The van der Waals surface area contributed by atoms with Crippen molar-refractivity contribution in [1.29, 1.82) is 0 Å². The predicted molar refractivity (Wildman–Crippen MR) is 119 cm³/mol. The number of rotatable bonds is 1. The van der Waals surface area contributed by atoms with Crippen LogP contribution in [0.25, 0.3) is 44.1 Å². The zero-order chi connectivity index (χ0) is 18.9. The van der Waals surface area contributed by atoms with Gasteiger partial charge in [0.1, 0.15) is 0 Å². The highest BCUT2D eigenvalue weighted by molar-refractivity contribution is 6.09. The molecule has 0 saturated carbocycles. The molecule has 28 heavy (non-hydrogen) atoms. The standard InChI is InChI=1S/C27H21N/c1-27(2)23-14-18(17-8-4-3-5-9-17)12-13-19(23)21-16-26-22(15-24(21)27)20-10-6-7-11-25(20)28-26/h3-16,28H,1-2H3. The molecule has 1 nitrogen and oxygen atoms in total. The van der Waals surface area contributed by atoms with Crippen LogP contribution in [0.4, 0.5) is 0 Å². The Morgan fingerprint density at radius 2 is 1.32 bits per heavy atom. The first-order valence-electron chi connectivity index (χ1n) is 9.88. The van der Waals surface area contributed by atoms with Gasteiger partial charge in [0.15, 0.2) is 0 Å². The van der Waals surface area contributed by atoms with Crippen LogP contribution >= 0.6 is 0 Å². The molecule has 134 valence electrons. The smallest absolute Gasteiger partial charge is 0.0471 e. The van der Waals surface area contributed by atoms with Crippen LogP contribution in [0.15, 0.2) is 84.9 Å². The SMILES string of the molecule is CC1(C)c2cc(-c3ccccc3)ccc2-c2cc3[nH]c4ccccc4c3cc21. The molecule has 1 heterocycles. The summed E-state index contributed by atoms with van der Waals surface area (Å²) < 4.78 is 0. The van der Waals surface area contributed by atoms with Crippen LogP contribution in [0.1, 0.15) is 25.0 Å². The van der Waals surface area contributed by atoms with Gasteiger partial charge in [0.05, 0.1) is 0 Å². The average Bonchev–Trinajstić information content (AvgIpc) is 3.20. The normalized spacial score (nSPS) is 14.4. The third-order valence-electron chi connectivity index (χ3n) is 6.41. The van der Waals surface area contributed by atoms with Crippen LogP contribution in [0, 0.1) is 0 Å². The first kappa shape index (κ1) is 15.7. The second-order valence-corrected chi connectivity index (χ2v) is 8.37. The van der Waals surface area contributed by atoms with Crippen LogP contribution in [0.5, 0.6) is 0 Å². The van der Waals surface area contributed by atoms with E-state index in [1.165, 1.54) is 55.2 Å². The fourth-order valence-corrected chi connectivity index (χ4v) is 4.89. The van der Waals surface area contributed by atoms with Crippen LogP contribution in [0.2, 0.25) is 0 Å². The van der Waals surface area contributed by atoms with E-state index in [0.29, 0.717) is 0 Å². The third-order valence-corrected chi connectivity index (χ3v) is 6.41. The molecule has 0 spiro atoms. The van der Waals surface area contributed by atoms with Crippen molar-refractivity contribution in [2.45, 2.75) is 19.3 Å². The summed E-state index contributed by atoms with van der Waals surface area (Å²) in [5.74, 6) is 0. The maximum Gasteiger partial charge on any atom is 0.0471 e. The lowest BCUT2D eigenvalue weighted by Crippen LogP contribution is -2.15. The summed E-state index contributed by atoms with van der Waals surface area (Å²) in [6.07, 6.45) is 0. The Labute approximate surface area is 164 Å². The molecule has 1 N–H and O–H groups in total. The van der Waals surface area contributed by atoms with Gasteiger partial charge in [0, 0.05) is 27.2 Å². The van der Waals surface area contributed by atoms with Crippen molar-refractivity contribution < 1.29 is 0 Å². The number of nitrogens with one attached hydrogen (secondary N) is 1. The molecule has 1 aromatic heterocycles. The van der Waals surface area contributed by atoms with Gasteiger partial charge in [-0.15, -0.1) is 0 Å². The summed E-state index contributed by atoms with van der Waals surface area (Å²) in [5, 5.41) is 2.62. The van der Waals surface area contributed by atoms with Crippen molar-refractivity contribution >= 4 is 21.8 Å². The minimum atomic E-state index is -0.0119. The second kappa shape index (κ2) is 5.36. The summed E-state index contributed by atoms with van der Waals surface area (Å²) in [6, 6.07) is 30.9. The lowest BCUT2D eigenvalue weighted by Gasteiger charge is -2.22. The second-order valence-electron chi connectivity index (χ2n) is 8.37. The predicted octanol–water partition coefficient (Wildman–Crippen LogP) is 7.29. The Morgan fingerprint density at radius 3 is 2.18 bits per heavy atom. The number of benzene rings is 4. The number of aromatic nitrogens is 1. The molecule has 4 aromatic carbocycles. The quantitative estimate of drug-likeness (QED) is 0.323. The van der Waals surface area contributed by atoms with E-state index in [1.807, 2.05) is 0 Å².